The van der Waals surface area contributed by atoms with Crippen molar-refractivity contribution in [3.63, 3.8) is 0 Å². The van der Waals surface area contributed by atoms with Gasteiger partial charge in [0.05, 0.1) is 7.11 Å². The summed E-state index contributed by atoms with van der Waals surface area (Å²) < 4.78 is 11.1. The second-order valence-electron chi connectivity index (χ2n) is 7.40. The number of nitrogens with one attached hydrogen (secondary N) is 2. The number of methoxy groups -OCH3 is 1. The van der Waals surface area contributed by atoms with E-state index in [0.29, 0.717) is 11.5 Å². The highest BCUT2D eigenvalue weighted by Crippen LogP contribution is 2.28. The van der Waals surface area contributed by atoms with Crippen molar-refractivity contribution in [2.75, 3.05) is 25.6 Å². The molecule has 0 aliphatic rings. The minimum atomic E-state index is -0.205. The molecule has 0 unspecified atom stereocenters. The summed E-state index contributed by atoms with van der Waals surface area (Å²) in [6.07, 6.45) is 2.40. The van der Waals surface area contributed by atoms with E-state index in [0.717, 1.165) is 35.8 Å². The van der Waals surface area contributed by atoms with Crippen LogP contribution in [0.4, 0.5) is 5.69 Å². The van der Waals surface area contributed by atoms with E-state index in [-0.39, 0.29) is 12.5 Å². The van der Waals surface area contributed by atoms with E-state index in [9.17, 15) is 4.79 Å². The Kier molecular flexibility index (Phi) is 8.82. The molecule has 0 spiro atoms. The van der Waals surface area contributed by atoms with Crippen LogP contribution in [-0.4, -0.2) is 26.2 Å². The molecular weight excluding hydrogens is 352 g/mol. The van der Waals surface area contributed by atoms with Gasteiger partial charge in [-0.05, 0) is 67.6 Å². The van der Waals surface area contributed by atoms with E-state index in [2.05, 4.69) is 24.5 Å². The van der Waals surface area contributed by atoms with Gasteiger partial charge in [0.15, 0.2) is 18.1 Å². The Morgan fingerprint density at radius 1 is 1.11 bits per heavy atom. The lowest BCUT2D eigenvalue weighted by atomic mass is 10.1. The maximum atomic E-state index is 12.1. The summed E-state index contributed by atoms with van der Waals surface area (Å²) in [6, 6.07) is 13.5. The average Bonchev–Trinajstić information content (AvgIpc) is 2.66. The van der Waals surface area contributed by atoms with Gasteiger partial charge in [0.2, 0.25) is 0 Å². The molecule has 0 aliphatic heterocycles. The molecule has 152 valence electrons. The van der Waals surface area contributed by atoms with Gasteiger partial charge in [0.1, 0.15) is 0 Å². The summed E-state index contributed by atoms with van der Waals surface area (Å²) in [7, 11) is 1.61. The van der Waals surface area contributed by atoms with Crippen LogP contribution < -0.4 is 20.1 Å². The van der Waals surface area contributed by atoms with Gasteiger partial charge in [0.25, 0.3) is 5.91 Å². The lowest BCUT2D eigenvalue weighted by molar-refractivity contribution is -0.118. The number of anilines is 1. The lowest BCUT2D eigenvalue weighted by Gasteiger charge is -2.13. The number of carbonyl (C=O) groups excluding carboxylic acids is 1. The molecule has 0 aliphatic carbocycles. The maximum Gasteiger partial charge on any atom is 0.262 e. The third-order valence-corrected chi connectivity index (χ3v) is 4.35. The molecule has 0 aromatic heterocycles. The van der Waals surface area contributed by atoms with Crippen molar-refractivity contribution in [1.29, 1.82) is 0 Å². The lowest BCUT2D eigenvalue weighted by Crippen LogP contribution is -2.20. The van der Waals surface area contributed by atoms with Crippen LogP contribution in [0.25, 0.3) is 0 Å². The van der Waals surface area contributed by atoms with Crippen molar-refractivity contribution < 1.29 is 14.3 Å². The first-order valence-corrected chi connectivity index (χ1v) is 9.85. The second kappa shape index (κ2) is 11.3. The summed E-state index contributed by atoms with van der Waals surface area (Å²) >= 11 is 0. The number of hydrogen-bond donors (Lipinski definition) is 2. The fraction of sp³-hybridized carbons (Fsp3) is 0.435. The highest BCUT2D eigenvalue weighted by molar-refractivity contribution is 5.91. The smallest absolute Gasteiger partial charge is 0.262 e. The van der Waals surface area contributed by atoms with E-state index in [1.54, 1.807) is 7.11 Å². The predicted octanol–water partition coefficient (Wildman–Crippen LogP) is 4.55. The highest BCUT2D eigenvalue weighted by Gasteiger charge is 2.09. The van der Waals surface area contributed by atoms with Crippen molar-refractivity contribution >= 4 is 11.6 Å². The number of rotatable bonds is 11. The fourth-order valence-electron chi connectivity index (χ4n) is 2.87. The highest BCUT2D eigenvalue weighted by atomic mass is 16.5. The predicted molar refractivity (Wildman–Crippen MR) is 114 cm³/mol. The number of ether oxygens (including phenoxy) is 2. The van der Waals surface area contributed by atoms with Crippen LogP contribution in [-0.2, 0) is 11.3 Å². The normalized spacial score (nSPS) is 10.8. The average molecular weight is 385 g/mol. The zero-order valence-corrected chi connectivity index (χ0v) is 17.4. The van der Waals surface area contributed by atoms with E-state index in [4.69, 9.17) is 9.47 Å². The number of carbonyl (C=O) groups is 1. The standard InChI is InChI=1S/C23H32N2O3/c1-17(2)7-6-12-24-15-19-10-11-21(22(14-19)27-4)28-16-23(26)25-20-9-5-8-18(3)13-20/h5,8-11,13-14,17,24H,6-7,12,15-16H2,1-4H3,(H,25,26). The van der Waals surface area contributed by atoms with Crippen LogP contribution in [0, 0.1) is 12.8 Å². The Morgan fingerprint density at radius 3 is 2.64 bits per heavy atom. The third-order valence-electron chi connectivity index (χ3n) is 4.35. The van der Waals surface area contributed by atoms with Gasteiger partial charge in [-0.2, -0.15) is 0 Å². The molecule has 2 aromatic rings. The van der Waals surface area contributed by atoms with Crippen LogP contribution in [0.15, 0.2) is 42.5 Å². The zero-order chi connectivity index (χ0) is 20.4. The van der Waals surface area contributed by atoms with Gasteiger partial charge in [-0.1, -0.05) is 32.0 Å². The first-order valence-electron chi connectivity index (χ1n) is 9.85. The van der Waals surface area contributed by atoms with Crippen LogP contribution in [0.2, 0.25) is 0 Å². The molecule has 0 saturated heterocycles. The van der Waals surface area contributed by atoms with Crippen LogP contribution in [0.5, 0.6) is 11.5 Å². The number of hydrogen-bond acceptors (Lipinski definition) is 4. The molecule has 2 N–H and O–H groups in total. The molecule has 0 atom stereocenters. The monoisotopic (exact) mass is 384 g/mol. The molecule has 0 saturated carbocycles. The molecule has 2 rings (SSSR count). The Balaban J connectivity index is 1.83. The molecule has 28 heavy (non-hydrogen) atoms. The van der Waals surface area contributed by atoms with Crippen LogP contribution in [0.1, 0.15) is 37.8 Å². The molecule has 0 bridgehead atoms. The largest absolute Gasteiger partial charge is 0.493 e. The van der Waals surface area contributed by atoms with Crippen molar-refractivity contribution in [1.82, 2.24) is 5.32 Å². The SMILES string of the molecule is COc1cc(CNCCCC(C)C)ccc1OCC(=O)Nc1cccc(C)c1. The van der Waals surface area contributed by atoms with E-state index < -0.39 is 0 Å². The molecule has 0 heterocycles. The molecule has 0 fully saturated rings. The van der Waals surface area contributed by atoms with Gasteiger partial charge in [0, 0.05) is 12.2 Å². The van der Waals surface area contributed by atoms with Gasteiger partial charge in [-0.3, -0.25) is 4.79 Å². The Labute approximate surface area is 168 Å². The van der Waals surface area contributed by atoms with Crippen LogP contribution >= 0.6 is 0 Å². The summed E-state index contributed by atoms with van der Waals surface area (Å²) in [5, 5.41) is 6.28. The number of aryl methyl sites for hydroxylation is 1. The minimum absolute atomic E-state index is 0.0723. The number of benzene rings is 2. The summed E-state index contributed by atoms with van der Waals surface area (Å²) in [6.45, 7) is 8.17. The molecule has 0 radical (unpaired) electrons. The van der Waals surface area contributed by atoms with E-state index in [1.807, 2.05) is 49.4 Å². The van der Waals surface area contributed by atoms with Crippen molar-refractivity contribution in [2.24, 2.45) is 5.92 Å². The second-order valence-corrected chi connectivity index (χ2v) is 7.40. The first kappa shape index (κ1) is 21.8. The van der Waals surface area contributed by atoms with Crippen molar-refractivity contribution in [2.45, 2.75) is 40.2 Å². The van der Waals surface area contributed by atoms with E-state index >= 15 is 0 Å². The quantitative estimate of drug-likeness (QED) is 0.558. The third kappa shape index (κ3) is 7.61. The molecule has 5 heteroatoms. The Morgan fingerprint density at radius 2 is 1.93 bits per heavy atom. The van der Waals surface area contributed by atoms with Gasteiger partial charge in [-0.25, -0.2) is 0 Å². The summed E-state index contributed by atoms with van der Waals surface area (Å²) in [5.41, 5.74) is 2.98. The topological polar surface area (TPSA) is 59.6 Å². The maximum absolute atomic E-state index is 12.1. The van der Waals surface area contributed by atoms with Crippen molar-refractivity contribution in [3.8, 4) is 11.5 Å². The van der Waals surface area contributed by atoms with Crippen molar-refractivity contribution in [3.05, 3.63) is 53.6 Å². The van der Waals surface area contributed by atoms with Crippen LogP contribution in [0.3, 0.4) is 0 Å². The van der Waals surface area contributed by atoms with Gasteiger partial charge >= 0.3 is 0 Å². The Bertz CT molecular complexity index is 759. The minimum Gasteiger partial charge on any atom is -0.493 e. The summed E-state index contributed by atoms with van der Waals surface area (Å²) in [4.78, 5) is 12.1. The zero-order valence-electron chi connectivity index (χ0n) is 17.4. The molecule has 5 nitrogen and oxygen atoms in total. The van der Waals surface area contributed by atoms with Gasteiger partial charge < -0.3 is 20.1 Å². The Hall–Kier alpha value is -2.53. The first-order chi connectivity index (χ1) is 13.5. The van der Waals surface area contributed by atoms with Gasteiger partial charge in [-0.15, -0.1) is 0 Å². The summed E-state index contributed by atoms with van der Waals surface area (Å²) in [5.74, 6) is 1.72. The molecule has 2 aromatic carbocycles. The molecular formula is C23H32N2O3. The molecule has 1 amide bonds. The van der Waals surface area contributed by atoms with E-state index in [1.165, 1.54) is 12.8 Å². The number of amides is 1. The fourth-order valence-corrected chi connectivity index (χ4v) is 2.87.